The monoisotopic (exact) mass is 339 g/mol. The highest BCUT2D eigenvalue weighted by Crippen LogP contribution is 2.14. The maximum Gasteiger partial charge on any atom is 0.215 e. The van der Waals surface area contributed by atoms with Gasteiger partial charge in [0.1, 0.15) is 5.82 Å². The fraction of sp³-hybridized carbons (Fsp3) is 0.250. The Morgan fingerprint density at radius 1 is 1.00 bits per heavy atom. The summed E-state index contributed by atoms with van der Waals surface area (Å²) in [6, 6.07) is 15.7. The first-order chi connectivity index (χ1) is 10.6. The van der Waals surface area contributed by atoms with Gasteiger partial charge in [0.15, 0.2) is 0 Å². The lowest BCUT2D eigenvalue weighted by atomic mass is 10.2. The Bertz CT molecular complexity index is 690. The minimum atomic E-state index is -3.33. The van der Waals surface area contributed by atoms with Crippen LogP contribution in [0.2, 0.25) is 0 Å². The van der Waals surface area contributed by atoms with Gasteiger partial charge in [0.2, 0.25) is 10.0 Å². The van der Waals surface area contributed by atoms with Gasteiger partial charge >= 0.3 is 0 Å². The van der Waals surface area contributed by atoms with Gasteiger partial charge in [0.25, 0.3) is 0 Å². The molecular formula is C16H18FNO2S2. The summed E-state index contributed by atoms with van der Waals surface area (Å²) >= 11 is 1.50. The highest BCUT2D eigenvalue weighted by Gasteiger charge is 2.10. The number of hydrogen-bond acceptors (Lipinski definition) is 3. The zero-order valence-electron chi connectivity index (χ0n) is 12.0. The molecular weight excluding hydrogens is 321 g/mol. The van der Waals surface area contributed by atoms with Gasteiger partial charge in [-0.3, -0.25) is 0 Å². The molecule has 2 aromatic carbocycles. The summed E-state index contributed by atoms with van der Waals surface area (Å²) in [5.74, 6) is 0.890. The van der Waals surface area contributed by atoms with Crippen molar-refractivity contribution in [3.05, 3.63) is 71.5 Å². The number of hydrogen-bond donors (Lipinski definition) is 1. The predicted molar refractivity (Wildman–Crippen MR) is 89.6 cm³/mol. The van der Waals surface area contributed by atoms with Gasteiger partial charge in [-0.05, 0) is 17.2 Å². The van der Waals surface area contributed by atoms with Crippen molar-refractivity contribution in [3.8, 4) is 0 Å². The average molecular weight is 339 g/mol. The van der Waals surface area contributed by atoms with Crippen LogP contribution in [0.3, 0.4) is 0 Å². The fourth-order valence-electron chi connectivity index (χ4n) is 1.91. The average Bonchev–Trinajstić information content (AvgIpc) is 2.49. The zero-order chi connectivity index (χ0) is 15.8. The van der Waals surface area contributed by atoms with E-state index >= 15 is 0 Å². The Morgan fingerprint density at radius 2 is 1.68 bits per heavy atom. The van der Waals surface area contributed by atoms with E-state index in [1.165, 1.54) is 17.8 Å². The third-order valence-corrected chi connectivity index (χ3v) is 5.35. The molecule has 22 heavy (non-hydrogen) atoms. The van der Waals surface area contributed by atoms with E-state index in [0.29, 0.717) is 23.6 Å². The summed E-state index contributed by atoms with van der Waals surface area (Å²) in [7, 11) is -3.33. The molecule has 0 saturated heterocycles. The molecule has 0 amide bonds. The molecule has 1 N–H and O–H groups in total. The Hall–Kier alpha value is -1.37. The number of thioether (sulfide) groups is 1. The van der Waals surface area contributed by atoms with Crippen LogP contribution in [-0.2, 0) is 21.5 Å². The second-order valence-corrected chi connectivity index (χ2v) is 7.70. The Kier molecular flexibility index (Phi) is 6.42. The summed E-state index contributed by atoms with van der Waals surface area (Å²) in [6.45, 7) is 0.342. The smallest absolute Gasteiger partial charge is 0.214 e. The lowest BCUT2D eigenvalue weighted by molar-refractivity contribution is 0.583. The highest BCUT2D eigenvalue weighted by atomic mass is 32.2. The summed E-state index contributed by atoms with van der Waals surface area (Å²) in [5, 5.41) is 0. The Labute approximate surface area is 135 Å². The van der Waals surface area contributed by atoms with Crippen LogP contribution in [0.25, 0.3) is 0 Å². The number of rotatable bonds is 8. The van der Waals surface area contributed by atoms with E-state index < -0.39 is 10.0 Å². The first-order valence-electron chi connectivity index (χ1n) is 6.89. The van der Waals surface area contributed by atoms with Gasteiger partial charge in [-0.25, -0.2) is 17.5 Å². The summed E-state index contributed by atoms with van der Waals surface area (Å²) in [5.41, 5.74) is 1.40. The molecule has 6 heteroatoms. The van der Waals surface area contributed by atoms with Crippen LogP contribution in [0.1, 0.15) is 11.1 Å². The van der Waals surface area contributed by atoms with E-state index in [0.717, 1.165) is 5.56 Å². The molecule has 118 valence electrons. The highest BCUT2D eigenvalue weighted by molar-refractivity contribution is 7.98. The summed E-state index contributed by atoms with van der Waals surface area (Å²) in [6.07, 6.45) is 0. The van der Waals surface area contributed by atoms with Gasteiger partial charge < -0.3 is 0 Å². The summed E-state index contributed by atoms with van der Waals surface area (Å²) < 4.78 is 39.8. The van der Waals surface area contributed by atoms with Gasteiger partial charge in [0.05, 0.1) is 5.75 Å². The van der Waals surface area contributed by atoms with Crippen molar-refractivity contribution in [1.29, 1.82) is 0 Å². The number of sulfonamides is 1. The third-order valence-electron chi connectivity index (χ3n) is 2.98. The van der Waals surface area contributed by atoms with Crippen molar-refractivity contribution >= 4 is 21.8 Å². The molecule has 0 atom stereocenters. The van der Waals surface area contributed by atoms with Crippen molar-refractivity contribution in [2.75, 3.05) is 12.3 Å². The van der Waals surface area contributed by atoms with Gasteiger partial charge in [-0.2, -0.15) is 11.8 Å². The second-order valence-electron chi connectivity index (χ2n) is 4.78. The molecule has 0 heterocycles. The molecule has 0 bridgehead atoms. The zero-order valence-corrected chi connectivity index (χ0v) is 13.7. The molecule has 2 aromatic rings. The van der Waals surface area contributed by atoms with Crippen molar-refractivity contribution in [1.82, 2.24) is 4.72 Å². The van der Waals surface area contributed by atoms with Gasteiger partial charge in [-0.15, -0.1) is 0 Å². The van der Waals surface area contributed by atoms with Crippen LogP contribution in [0.15, 0.2) is 54.6 Å². The molecule has 3 nitrogen and oxygen atoms in total. The Balaban J connectivity index is 1.71. The molecule has 0 aliphatic rings. The van der Waals surface area contributed by atoms with Crippen LogP contribution >= 0.6 is 11.8 Å². The maximum absolute atomic E-state index is 13.4. The van der Waals surface area contributed by atoms with Crippen LogP contribution in [0, 0.1) is 5.82 Å². The van der Waals surface area contributed by atoms with Crippen LogP contribution in [-0.4, -0.2) is 20.7 Å². The fourth-order valence-corrected chi connectivity index (χ4v) is 4.03. The van der Waals surface area contributed by atoms with Crippen molar-refractivity contribution in [3.63, 3.8) is 0 Å². The van der Waals surface area contributed by atoms with Crippen LogP contribution in [0.5, 0.6) is 0 Å². The molecule has 2 rings (SSSR count). The molecule has 0 radical (unpaired) electrons. The van der Waals surface area contributed by atoms with E-state index in [1.54, 1.807) is 30.3 Å². The number of halogens is 1. The van der Waals surface area contributed by atoms with Gasteiger partial charge in [-0.1, -0.05) is 48.5 Å². The van der Waals surface area contributed by atoms with E-state index in [-0.39, 0.29) is 11.6 Å². The molecule has 0 saturated carbocycles. The van der Waals surface area contributed by atoms with Crippen molar-refractivity contribution < 1.29 is 12.8 Å². The Morgan fingerprint density at radius 3 is 2.41 bits per heavy atom. The SMILES string of the molecule is O=S(=O)(Cc1ccccc1)NCCSCc1ccccc1F. The van der Waals surface area contributed by atoms with E-state index in [9.17, 15) is 12.8 Å². The van der Waals surface area contributed by atoms with E-state index in [4.69, 9.17) is 0 Å². The molecule has 0 aliphatic heterocycles. The maximum atomic E-state index is 13.4. The lowest BCUT2D eigenvalue weighted by Gasteiger charge is -2.07. The van der Waals surface area contributed by atoms with Crippen LogP contribution in [0.4, 0.5) is 4.39 Å². The molecule has 0 aromatic heterocycles. The summed E-state index contributed by atoms with van der Waals surface area (Å²) in [4.78, 5) is 0. The van der Waals surface area contributed by atoms with Crippen molar-refractivity contribution in [2.24, 2.45) is 0 Å². The minimum Gasteiger partial charge on any atom is -0.214 e. The molecule has 0 unspecified atom stereocenters. The lowest BCUT2D eigenvalue weighted by Crippen LogP contribution is -2.27. The van der Waals surface area contributed by atoms with E-state index in [2.05, 4.69) is 4.72 Å². The number of nitrogens with one attached hydrogen (secondary N) is 1. The molecule has 0 fully saturated rings. The normalized spacial score (nSPS) is 11.5. The quantitative estimate of drug-likeness (QED) is 0.752. The second kappa shape index (κ2) is 8.31. The molecule has 0 spiro atoms. The third kappa shape index (κ3) is 5.79. The topological polar surface area (TPSA) is 46.2 Å². The van der Waals surface area contributed by atoms with Gasteiger partial charge in [0, 0.05) is 18.1 Å². The first-order valence-corrected chi connectivity index (χ1v) is 9.70. The van der Waals surface area contributed by atoms with Crippen LogP contribution < -0.4 is 4.72 Å². The standard InChI is InChI=1S/C16H18FNO2S2/c17-16-9-5-4-8-15(16)12-21-11-10-18-22(19,20)13-14-6-2-1-3-7-14/h1-9,18H,10-13H2. The predicted octanol–water partition coefficient (Wildman–Crippen LogP) is 3.18. The number of benzene rings is 2. The van der Waals surface area contributed by atoms with E-state index in [1.807, 2.05) is 18.2 Å². The minimum absolute atomic E-state index is 0.0220. The molecule has 0 aliphatic carbocycles. The largest absolute Gasteiger partial charge is 0.215 e. The first kappa shape index (κ1) is 17.0. The van der Waals surface area contributed by atoms with Crippen molar-refractivity contribution in [2.45, 2.75) is 11.5 Å².